The molecule has 1 N–H and O–H groups in total. The highest BCUT2D eigenvalue weighted by molar-refractivity contribution is 6.30. The van der Waals surface area contributed by atoms with Crippen molar-refractivity contribution in [1.82, 2.24) is 24.6 Å². The number of rotatable bonds is 5. The minimum atomic E-state index is -5.52. The van der Waals surface area contributed by atoms with Gasteiger partial charge in [-0.15, -0.1) is 0 Å². The normalized spacial score (nSPS) is 19.2. The predicted octanol–water partition coefficient (Wildman–Crippen LogP) is 4.09. The Morgan fingerprint density at radius 2 is 1.88 bits per heavy atom. The molecule has 3 aromatic rings. The third-order valence-corrected chi connectivity index (χ3v) is 7.48. The molecule has 0 saturated carbocycles. The molecule has 0 amide bonds. The molecule has 5 rings (SSSR count). The Kier molecular flexibility index (Phi) is 7.23. The number of piperidine rings is 1. The Labute approximate surface area is 236 Å². The van der Waals surface area contributed by atoms with Crippen molar-refractivity contribution in [3.05, 3.63) is 74.2 Å². The maximum Gasteiger partial charge on any atom is 0.501 e. The van der Waals surface area contributed by atoms with E-state index in [1.165, 1.54) is 22.7 Å². The van der Waals surface area contributed by atoms with E-state index < -0.39 is 71.9 Å². The molecule has 17 heteroatoms. The number of aryl methyl sites for hydroxylation is 1. The van der Waals surface area contributed by atoms with Crippen LogP contribution < -0.4 is 10.7 Å². The number of aromatic amines is 1. The van der Waals surface area contributed by atoms with Gasteiger partial charge in [-0.05, 0) is 42.7 Å². The summed E-state index contributed by atoms with van der Waals surface area (Å²) in [6.45, 7) is 1.22. The van der Waals surface area contributed by atoms with Gasteiger partial charge in [0.1, 0.15) is 16.5 Å². The molecule has 9 nitrogen and oxygen atoms in total. The topological polar surface area (TPSA) is 101 Å². The van der Waals surface area contributed by atoms with E-state index in [0.717, 1.165) is 6.07 Å². The number of aromatic nitrogens is 2. The number of fused-ring (bicyclic) bond motifs is 2. The number of halogens is 8. The number of carbonyl (C=O) groups is 2. The van der Waals surface area contributed by atoms with Crippen molar-refractivity contribution in [2.75, 3.05) is 6.54 Å². The number of ketones is 1. The Morgan fingerprint density at radius 3 is 2.55 bits per heavy atom. The number of hydrogen-bond donors (Lipinski definition) is 1. The summed E-state index contributed by atoms with van der Waals surface area (Å²) in [5.74, 6) is -7.26. The number of H-pyrrole nitrogens is 1. The van der Waals surface area contributed by atoms with Crippen LogP contribution in [0.3, 0.4) is 0 Å². The van der Waals surface area contributed by atoms with E-state index in [4.69, 9.17) is 11.6 Å². The Bertz CT molecular complexity index is 1680. The van der Waals surface area contributed by atoms with Crippen molar-refractivity contribution in [2.24, 2.45) is 5.92 Å². The van der Waals surface area contributed by atoms with Crippen molar-refractivity contribution in [2.45, 2.75) is 44.7 Å². The standard InChI is InChI=1S/C25H19ClF7N5O4/c1-11-6-17-21(40)34-10-14(37(17)20(11)26)7-12-2-3-16(27)15(8-12)19(39)13-4-5-36-18(9-13)38(35-22(36)24(28,29)30)42-23(41)25(31,32)33/h2-3,6,8,10,13,18H,4-5,7,9H2,1H3,(H,34,40)/q+1. The van der Waals surface area contributed by atoms with Gasteiger partial charge in [-0.25, -0.2) is 14.1 Å². The molecule has 223 valence electrons. The van der Waals surface area contributed by atoms with E-state index in [0.29, 0.717) is 21.7 Å². The van der Waals surface area contributed by atoms with Crippen LogP contribution in [0.4, 0.5) is 30.7 Å². The summed E-state index contributed by atoms with van der Waals surface area (Å²) >= 11 is 6.36. The molecule has 2 aliphatic heterocycles. The van der Waals surface area contributed by atoms with Crippen LogP contribution in [0.25, 0.3) is 5.52 Å². The van der Waals surface area contributed by atoms with Crippen LogP contribution in [0.5, 0.6) is 0 Å². The summed E-state index contributed by atoms with van der Waals surface area (Å²) in [6, 6.07) is 5.26. The lowest BCUT2D eigenvalue weighted by molar-refractivity contribution is -0.258. The summed E-state index contributed by atoms with van der Waals surface area (Å²) in [4.78, 5) is 44.2. The van der Waals surface area contributed by atoms with Gasteiger partial charge in [0.05, 0.1) is 17.2 Å². The van der Waals surface area contributed by atoms with Gasteiger partial charge in [0.15, 0.2) is 5.78 Å². The number of hydrogen-bond acceptors (Lipinski definition) is 7. The largest absolute Gasteiger partial charge is 0.501 e. The first kappa shape index (κ1) is 29.4. The van der Waals surface area contributed by atoms with Gasteiger partial charge in [-0.3, -0.25) is 18.8 Å². The second-order valence-electron chi connectivity index (χ2n) is 9.80. The van der Waals surface area contributed by atoms with Crippen LogP contribution in [0.15, 0.2) is 35.3 Å². The first-order valence-corrected chi connectivity index (χ1v) is 12.7. The van der Waals surface area contributed by atoms with E-state index in [-0.39, 0.29) is 28.7 Å². The van der Waals surface area contributed by atoms with Crippen molar-refractivity contribution in [3.63, 3.8) is 0 Å². The molecule has 2 aromatic heterocycles. The fraction of sp³-hybridized carbons (Fsp3) is 0.360. The molecule has 0 spiro atoms. The van der Waals surface area contributed by atoms with Crippen molar-refractivity contribution in [1.29, 1.82) is 0 Å². The van der Waals surface area contributed by atoms with E-state index in [1.807, 2.05) is 0 Å². The van der Waals surface area contributed by atoms with Crippen molar-refractivity contribution >= 4 is 34.7 Å². The minimum absolute atomic E-state index is 0.0900. The number of nitrogens with zero attached hydrogens (tertiary/aromatic N) is 4. The highest BCUT2D eigenvalue weighted by Gasteiger charge is 2.62. The van der Waals surface area contributed by atoms with E-state index in [1.54, 1.807) is 13.0 Å². The Morgan fingerprint density at radius 1 is 1.17 bits per heavy atom. The predicted molar refractivity (Wildman–Crippen MR) is 132 cm³/mol. The molecule has 1 saturated heterocycles. The number of carbonyl (C=O) groups excluding carboxylic acids is 2. The Balaban J connectivity index is 1.40. The molecular weight excluding hydrogens is 603 g/mol. The third-order valence-electron chi connectivity index (χ3n) is 7.01. The van der Waals surface area contributed by atoms with Crippen molar-refractivity contribution < 1.29 is 45.2 Å². The lowest BCUT2D eigenvalue weighted by Gasteiger charge is -2.31. The average molecular weight is 622 g/mol. The highest BCUT2D eigenvalue weighted by atomic mass is 35.5. The zero-order chi connectivity index (χ0) is 30.7. The lowest BCUT2D eigenvalue weighted by atomic mass is 9.86. The van der Waals surface area contributed by atoms with Gasteiger partial charge >= 0.3 is 24.2 Å². The van der Waals surface area contributed by atoms with Gasteiger partial charge in [-0.1, -0.05) is 17.7 Å². The molecule has 2 unspecified atom stereocenters. The number of hydroxylamine groups is 1. The molecule has 2 aliphatic rings. The van der Waals surface area contributed by atoms with E-state index in [9.17, 15) is 45.1 Å². The van der Waals surface area contributed by atoms with Gasteiger partial charge in [-0.2, -0.15) is 26.3 Å². The summed E-state index contributed by atoms with van der Waals surface area (Å²) in [7, 11) is 0. The average Bonchev–Trinajstić information content (AvgIpc) is 3.43. The van der Waals surface area contributed by atoms with Crippen LogP contribution in [0, 0.1) is 18.7 Å². The first-order chi connectivity index (χ1) is 19.6. The highest BCUT2D eigenvalue weighted by Crippen LogP contribution is 2.35. The summed E-state index contributed by atoms with van der Waals surface area (Å²) in [6.07, 6.45) is -11.6. The van der Waals surface area contributed by atoms with Crippen LogP contribution in [0.1, 0.15) is 40.0 Å². The maximum atomic E-state index is 14.9. The number of alkyl halides is 6. The third kappa shape index (κ3) is 5.30. The van der Waals surface area contributed by atoms with Crippen LogP contribution in [-0.4, -0.2) is 62.1 Å². The zero-order valence-corrected chi connectivity index (χ0v) is 22.1. The quantitative estimate of drug-likeness (QED) is 0.340. The summed E-state index contributed by atoms with van der Waals surface area (Å²) in [5, 5.41) is 3.19. The summed E-state index contributed by atoms with van der Waals surface area (Å²) in [5.41, 5.74) is 1.05. The van der Waals surface area contributed by atoms with E-state index in [2.05, 4.69) is 14.9 Å². The molecule has 0 bridgehead atoms. The molecule has 0 aliphatic carbocycles. The number of nitrogens with one attached hydrogen (secondary N) is 1. The summed E-state index contributed by atoms with van der Waals surface area (Å²) < 4.78 is 95.1. The van der Waals surface area contributed by atoms with Crippen LogP contribution in [-0.2, 0) is 16.1 Å². The van der Waals surface area contributed by atoms with Gasteiger partial charge in [0.25, 0.3) is 5.56 Å². The monoisotopic (exact) mass is 621 g/mol. The lowest BCUT2D eigenvalue weighted by Crippen LogP contribution is -2.52. The fourth-order valence-electron chi connectivity index (χ4n) is 5.07. The molecule has 2 atom stereocenters. The van der Waals surface area contributed by atoms with Gasteiger partial charge in [0, 0.05) is 35.8 Å². The van der Waals surface area contributed by atoms with Crippen LogP contribution in [0.2, 0.25) is 5.15 Å². The number of amidine groups is 1. The number of hydrazone groups is 1. The molecule has 1 radical (unpaired) electrons. The van der Waals surface area contributed by atoms with Crippen LogP contribution >= 0.6 is 11.6 Å². The van der Waals surface area contributed by atoms with Gasteiger partial charge in [0.2, 0.25) is 6.17 Å². The minimum Gasteiger partial charge on any atom is -0.326 e. The molecule has 1 aromatic carbocycles. The SMILES string of the molecule is Cc1cc2c(=O)[nH]cc(Cc3ccc(F)c(C(=O)C4CCN5C(C(F)(F)F)=[N+]N(OC(=O)C(F)(F)F)C5C4)c3)n2c1Cl. The number of benzene rings is 1. The maximum absolute atomic E-state index is 14.9. The second-order valence-corrected chi connectivity index (χ2v) is 10.2. The van der Waals surface area contributed by atoms with Crippen molar-refractivity contribution in [3.8, 4) is 0 Å². The number of Topliss-reactive ketones (excluding diaryl/α,β-unsaturated/α-hetero) is 1. The fourth-order valence-corrected chi connectivity index (χ4v) is 5.32. The smallest absolute Gasteiger partial charge is 0.326 e. The zero-order valence-electron chi connectivity index (χ0n) is 21.3. The molecule has 42 heavy (non-hydrogen) atoms. The molecule has 4 heterocycles. The van der Waals surface area contributed by atoms with Gasteiger partial charge < -0.3 is 4.98 Å². The molecule has 1 fully saturated rings. The van der Waals surface area contributed by atoms with E-state index >= 15 is 0 Å². The second kappa shape index (κ2) is 10.3. The Hall–Kier alpha value is -4.08. The molecular formula is C25H19ClF7N5O4+. The first-order valence-electron chi connectivity index (χ1n) is 12.3.